The minimum atomic E-state index is 0.178. The van der Waals surface area contributed by atoms with E-state index in [9.17, 15) is 0 Å². The molecule has 1 aliphatic carbocycles. The number of rotatable bonds is 4. The third-order valence-corrected chi connectivity index (χ3v) is 2.32. The van der Waals surface area contributed by atoms with Crippen LogP contribution in [-0.2, 0) is 0 Å². The summed E-state index contributed by atoms with van der Waals surface area (Å²) in [6.07, 6.45) is 4.20. The monoisotopic (exact) mass is 192 g/mol. The predicted molar refractivity (Wildman–Crippen MR) is 56.0 cm³/mol. The molecule has 1 fully saturated rings. The highest BCUT2D eigenvalue weighted by molar-refractivity contribution is 5.39. The smallest absolute Gasteiger partial charge is 0.151 e. The van der Waals surface area contributed by atoms with E-state index < -0.39 is 0 Å². The summed E-state index contributed by atoms with van der Waals surface area (Å²) in [6.45, 7) is 2.88. The Morgan fingerprint density at radius 2 is 2.43 bits per heavy atom. The first-order valence-electron chi connectivity index (χ1n) is 5.07. The number of hydrogen-bond acceptors (Lipinski definition) is 4. The van der Waals surface area contributed by atoms with Gasteiger partial charge in [0.15, 0.2) is 5.82 Å². The summed E-state index contributed by atoms with van der Waals surface area (Å²) in [7, 11) is 0. The molecule has 0 radical (unpaired) electrons. The van der Waals surface area contributed by atoms with E-state index in [0.29, 0.717) is 6.04 Å². The highest BCUT2D eigenvalue weighted by Gasteiger charge is 2.30. The van der Waals surface area contributed by atoms with Crippen LogP contribution in [0.1, 0.15) is 19.8 Å². The topological polar surface area (TPSA) is 55.0 Å². The largest absolute Gasteiger partial charge is 0.351 e. The molecule has 2 N–H and O–H groups in total. The van der Waals surface area contributed by atoms with Crippen LogP contribution in [0, 0.1) is 0 Å². The lowest BCUT2D eigenvalue weighted by molar-refractivity contribution is 0.662. The van der Waals surface area contributed by atoms with Crippen molar-refractivity contribution in [3.05, 3.63) is 18.3 Å². The van der Waals surface area contributed by atoms with E-state index in [1.54, 1.807) is 6.20 Å². The Labute approximate surface area is 84.1 Å². The number of hydrogen-bond donors (Lipinski definition) is 1. The molecule has 1 aromatic rings. The van der Waals surface area contributed by atoms with Crippen molar-refractivity contribution in [3.8, 4) is 0 Å². The number of aromatic nitrogens is 2. The Balaban J connectivity index is 2.10. The molecule has 76 valence electrons. The van der Waals surface area contributed by atoms with E-state index in [2.05, 4.69) is 15.1 Å². The molecule has 0 aromatic carbocycles. The second kappa shape index (κ2) is 3.92. The Morgan fingerprint density at radius 1 is 1.64 bits per heavy atom. The summed E-state index contributed by atoms with van der Waals surface area (Å²) in [5, 5.41) is 8.00. The molecule has 1 heterocycles. The van der Waals surface area contributed by atoms with Crippen LogP contribution in [-0.4, -0.2) is 28.8 Å². The van der Waals surface area contributed by atoms with Gasteiger partial charge < -0.3 is 10.6 Å². The Hall–Kier alpha value is -1.16. The fraction of sp³-hybridized carbons (Fsp3) is 0.600. The van der Waals surface area contributed by atoms with Crippen molar-refractivity contribution in [1.82, 2.24) is 10.2 Å². The maximum absolute atomic E-state index is 5.81. The van der Waals surface area contributed by atoms with Crippen LogP contribution in [0.15, 0.2) is 18.3 Å². The maximum atomic E-state index is 5.81. The predicted octanol–water partition coefficient (Wildman–Crippen LogP) is 0.793. The van der Waals surface area contributed by atoms with E-state index in [4.69, 9.17) is 5.73 Å². The van der Waals surface area contributed by atoms with Gasteiger partial charge >= 0.3 is 0 Å². The fourth-order valence-electron chi connectivity index (χ4n) is 1.57. The van der Waals surface area contributed by atoms with E-state index in [1.807, 2.05) is 19.1 Å². The zero-order chi connectivity index (χ0) is 9.97. The van der Waals surface area contributed by atoms with Crippen molar-refractivity contribution in [1.29, 1.82) is 0 Å². The summed E-state index contributed by atoms with van der Waals surface area (Å²) >= 11 is 0. The van der Waals surface area contributed by atoms with E-state index in [1.165, 1.54) is 12.8 Å². The summed E-state index contributed by atoms with van der Waals surface area (Å²) in [5.41, 5.74) is 5.81. The first kappa shape index (κ1) is 9.40. The molecule has 14 heavy (non-hydrogen) atoms. The van der Waals surface area contributed by atoms with Crippen molar-refractivity contribution in [2.75, 3.05) is 11.4 Å². The highest BCUT2D eigenvalue weighted by atomic mass is 15.3. The summed E-state index contributed by atoms with van der Waals surface area (Å²) < 4.78 is 0. The lowest BCUT2D eigenvalue weighted by Crippen LogP contribution is -2.37. The van der Waals surface area contributed by atoms with E-state index >= 15 is 0 Å². The summed E-state index contributed by atoms with van der Waals surface area (Å²) in [5.74, 6) is 0.951. The standard InChI is InChI=1S/C10H16N4/c1-8(11)7-14(9-4-5-9)10-3-2-6-12-13-10/h2-3,6,8-9H,4-5,7,11H2,1H3. The van der Waals surface area contributed by atoms with Crippen LogP contribution in [0.3, 0.4) is 0 Å². The van der Waals surface area contributed by atoms with Crippen LogP contribution >= 0.6 is 0 Å². The molecule has 1 unspecified atom stereocenters. The van der Waals surface area contributed by atoms with Gasteiger partial charge in [-0.15, -0.1) is 5.10 Å². The normalized spacial score (nSPS) is 17.9. The lowest BCUT2D eigenvalue weighted by atomic mass is 10.3. The average molecular weight is 192 g/mol. The van der Waals surface area contributed by atoms with Gasteiger partial charge in [0.2, 0.25) is 0 Å². The van der Waals surface area contributed by atoms with Gasteiger partial charge in [0.1, 0.15) is 0 Å². The highest BCUT2D eigenvalue weighted by Crippen LogP contribution is 2.29. The zero-order valence-corrected chi connectivity index (χ0v) is 8.43. The first-order valence-corrected chi connectivity index (χ1v) is 5.07. The van der Waals surface area contributed by atoms with Crippen LogP contribution < -0.4 is 10.6 Å². The molecule has 0 spiro atoms. The summed E-state index contributed by atoms with van der Waals surface area (Å²) in [6, 6.07) is 4.72. The van der Waals surface area contributed by atoms with Gasteiger partial charge in [-0.1, -0.05) is 0 Å². The van der Waals surface area contributed by atoms with Gasteiger partial charge in [0.25, 0.3) is 0 Å². The van der Waals surface area contributed by atoms with Crippen molar-refractivity contribution >= 4 is 5.82 Å². The molecule has 4 nitrogen and oxygen atoms in total. The Bertz CT molecular complexity index is 281. The third kappa shape index (κ3) is 2.20. The number of anilines is 1. The Kier molecular flexibility index (Phi) is 2.63. The second-order valence-electron chi connectivity index (χ2n) is 3.94. The van der Waals surface area contributed by atoms with Crippen molar-refractivity contribution in [2.45, 2.75) is 31.8 Å². The van der Waals surface area contributed by atoms with Gasteiger partial charge in [-0.05, 0) is 31.9 Å². The van der Waals surface area contributed by atoms with E-state index in [-0.39, 0.29) is 6.04 Å². The summed E-state index contributed by atoms with van der Waals surface area (Å²) in [4.78, 5) is 2.26. The minimum Gasteiger partial charge on any atom is -0.351 e. The molecule has 1 aromatic heterocycles. The average Bonchev–Trinajstić information content (AvgIpc) is 2.99. The van der Waals surface area contributed by atoms with Crippen molar-refractivity contribution in [2.24, 2.45) is 5.73 Å². The molecule has 0 bridgehead atoms. The van der Waals surface area contributed by atoms with Gasteiger partial charge in [-0.2, -0.15) is 5.10 Å². The zero-order valence-electron chi connectivity index (χ0n) is 8.43. The van der Waals surface area contributed by atoms with Gasteiger partial charge in [0, 0.05) is 24.8 Å². The van der Waals surface area contributed by atoms with Gasteiger partial charge in [-0.3, -0.25) is 0 Å². The maximum Gasteiger partial charge on any atom is 0.151 e. The van der Waals surface area contributed by atoms with Crippen LogP contribution in [0.4, 0.5) is 5.82 Å². The van der Waals surface area contributed by atoms with Crippen LogP contribution in [0.25, 0.3) is 0 Å². The SMILES string of the molecule is CC(N)CN(c1cccnn1)C1CC1. The number of nitrogens with two attached hydrogens (primary N) is 1. The van der Waals surface area contributed by atoms with Crippen LogP contribution in [0.2, 0.25) is 0 Å². The molecule has 1 atom stereocenters. The van der Waals surface area contributed by atoms with E-state index in [0.717, 1.165) is 12.4 Å². The minimum absolute atomic E-state index is 0.178. The first-order chi connectivity index (χ1) is 6.77. The van der Waals surface area contributed by atoms with Gasteiger partial charge in [0.05, 0.1) is 0 Å². The third-order valence-electron chi connectivity index (χ3n) is 2.32. The fourth-order valence-corrected chi connectivity index (χ4v) is 1.57. The molecule has 1 aliphatic rings. The molecule has 4 heteroatoms. The molecule has 0 amide bonds. The Morgan fingerprint density at radius 3 is 2.93 bits per heavy atom. The van der Waals surface area contributed by atoms with Crippen molar-refractivity contribution < 1.29 is 0 Å². The van der Waals surface area contributed by atoms with Crippen molar-refractivity contribution in [3.63, 3.8) is 0 Å². The second-order valence-corrected chi connectivity index (χ2v) is 3.94. The van der Waals surface area contributed by atoms with Gasteiger partial charge in [-0.25, -0.2) is 0 Å². The van der Waals surface area contributed by atoms with Crippen LogP contribution in [0.5, 0.6) is 0 Å². The molecule has 2 rings (SSSR count). The molecule has 0 saturated heterocycles. The molecule has 1 saturated carbocycles. The lowest BCUT2D eigenvalue weighted by Gasteiger charge is -2.24. The quantitative estimate of drug-likeness (QED) is 0.766. The number of nitrogens with zero attached hydrogens (tertiary/aromatic N) is 3. The molecular weight excluding hydrogens is 176 g/mol. The molecule has 0 aliphatic heterocycles. The molecular formula is C10H16N4.